The lowest BCUT2D eigenvalue weighted by Gasteiger charge is -2.24. The van der Waals surface area contributed by atoms with E-state index in [-0.39, 0.29) is 18.7 Å². The zero-order valence-corrected chi connectivity index (χ0v) is 9.83. The molecular formula is C11H14N2O5. The van der Waals surface area contributed by atoms with Gasteiger partial charge >= 0.3 is 5.97 Å². The van der Waals surface area contributed by atoms with Gasteiger partial charge in [-0.25, -0.2) is 4.79 Å². The van der Waals surface area contributed by atoms with Crippen molar-refractivity contribution >= 4 is 11.7 Å². The fourth-order valence-electron chi connectivity index (χ4n) is 1.53. The van der Waals surface area contributed by atoms with Gasteiger partial charge in [0.2, 0.25) is 5.72 Å². The minimum atomic E-state index is -1.87. The highest BCUT2D eigenvalue weighted by atomic mass is 16.6. The summed E-state index contributed by atoms with van der Waals surface area (Å²) in [4.78, 5) is 21.1. The molecule has 1 rings (SSSR count). The minimum absolute atomic E-state index is 0.114. The average Bonchev–Trinajstić information content (AvgIpc) is 2.29. The Balaban J connectivity index is 2.97. The summed E-state index contributed by atoms with van der Waals surface area (Å²) < 4.78 is 5.00. The molecule has 0 saturated carbocycles. The summed E-state index contributed by atoms with van der Waals surface area (Å²) in [7, 11) is 0. The lowest BCUT2D eigenvalue weighted by atomic mass is 10.0. The molecule has 7 nitrogen and oxygen atoms in total. The Morgan fingerprint density at radius 2 is 2.28 bits per heavy atom. The van der Waals surface area contributed by atoms with Crippen LogP contribution < -0.4 is 5.73 Å². The van der Waals surface area contributed by atoms with Crippen molar-refractivity contribution in [3.63, 3.8) is 0 Å². The van der Waals surface area contributed by atoms with Crippen LogP contribution in [-0.4, -0.2) is 28.3 Å². The van der Waals surface area contributed by atoms with Crippen molar-refractivity contribution in [2.75, 3.05) is 6.61 Å². The van der Waals surface area contributed by atoms with Crippen molar-refractivity contribution in [2.45, 2.75) is 19.1 Å². The monoisotopic (exact) mass is 254 g/mol. The van der Waals surface area contributed by atoms with Crippen LogP contribution in [0.2, 0.25) is 0 Å². The number of nitrogens with two attached hydrogens (primary N) is 1. The van der Waals surface area contributed by atoms with Gasteiger partial charge in [-0.1, -0.05) is 12.1 Å². The summed E-state index contributed by atoms with van der Waals surface area (Å²) in [5.41, 5.74) is 4.07. The number of benzene rings is 1. The lowest BCUT2D eigenvalue weighted by molar-refractivity contribution is -0.384. The fourth-order valence-corrected chi connectivity index (χ4v) is 1.53. The Bertz CT molecular complexity index is 463. The number of carbonyl (C=O) groups is 1. The SMILES string of the molecule is CCOC(N)(Cc1cccc([N+](=O)[O-])c1)C(=O)O. The lowest BCUT2D eigenvalue weighted by Crippen LogP contribution is -2.52. The van der Waals surface area contributed by atoms with E-state index in [1.165, 1.54) is 18.2 Å². The summed E-state index contributed by atoms with van der Waals surface area (Å²) in [5, 5.41) is 19.6. The summed E-state index contributed by atoms with van der Waals surface area (Å²) in [6.07, 6.45) is -0.141. The molecule has 3 N–H and O–H groups in total. The summed E-state index contributed by atoms with van der Waals surface area (Å²) in [5.74, 6) is -1.31. The maximum atomic E-state index is 11.1. The first-order valence-electron chi connectivity index (χ1n) is 5.28. The van der Waals surface area contributed by atoms with Crippen molar-refractivity contribution in [3.8, 4) is 0 Å². The van der Waals surface area contributed by atoms with Gasteiger partial charge < -0.3 is 9.84 Å². The highest BCUT2D eigenvalue weighted by molar-refractivity contribution is 5.77. The molecule has 1 aromatic carbocycles. The molecule has 1 unspecified atom stereocenters. The van der Waals surface area contributed by atoms with Crippen molar-refractivity contribution in [2.24, 2.45) is 5.73 Å². The number of rotatable bonds is 6. The van der Waals surface area contributed by atoms with Crippen molar-refractivity contribution in [3.05, 3.63) is 39.9 Å². The van der Waals surface area contributed by atoms with E-state index in [1.807, 2.05) is 0 Å². The van der Waals surface area contributed by atoms with Gasteiger partial charge in [0, 0.05) is 25.2 Å². The third-order valence-corrected chi connectivity index (χ3v) is 2.35. The van der Waals surface area contributed by atoms with Crippen LogP contribution in [-0.2, 0) is 16.0 Å². The number of nitro benzene ring substituents is 1. The fraction of sp³-hybridized carbons (Fsp3) is 0.364. The molecule has 0 amide bonds. The molecule has 0 heterocycles. The number of hydrogen-bond acceptors (Lipinski definition) is 5. The highest BCUT2D eigenvalue weighted by Crippen LogP contribution is 2.18. The largest absolute Gasteiger partial charge is 0.478 e. The molecule has 0 aromatic heterocycles. The van der Waals surface area contributed by atoms with E-state index in [2.05, 4.69) is 0 Å². The molecule has 0 fully saturated rings. The van der Waals surface area contributed by atoms with E-state index in [0.717, 1.165) is 0 Å². The number of carboxylic acid groups (broad SMARTS) is 1. The van der Waals surface area contributed by atoms with E-state index in [9.17, 15) is 14.9 Å². The Kier molecular flexibility index (Phi) is 4.35. The summed E-state index contributed by atoms with van der Waals surface area (Å²) in [6, 6.07) is 5.64. The van der Waals surface area contributed by atoms with E-state index in [4.69, 9.17) is 15.6 Å². The second kappa shape index (κ2) is 5.56. The van der Waals surface area contributed by atoms with Crippen LogP contribution in [0.25, 0.3) is 0 Å². The predicted molar refractivity (Wildman–Crippen MR) is 63.0 cm³/mol. The van der Waals surface area contributed by atoms with E-state index < -0.39 is 16.6 Å². The number of non-ortho nitro benzene ring substituents is 1. The molecule has 0 saturated heterocycles. The minimum Gasteiger partial charge on any atom is -0.478 e. The van der Waals surface area contributed by atoms with Crippen LogP contribution in [0.15, 0.2) is 24.3 Å². The molecule has 1 aromatic rings. The number of hydrogen-bond donors (Lipinski definition) is 2. The Morgan fingerprint density at radius 3 is 2.78 bits per heavy atom. The van der Waals surface area contributed by atoms with Crippen LogP contribution in [0.1, 0.15) is 12.5 Å². The predicted octanol–water partition coefficient (Wildman–Crippen LogP) is 0.913. The zero-order chi connectivity index (χ0) is 13.8. The first kappa shape index (κ1) is 14.1. The molecule has 98 valence electrons. The molecular weight excluding hydrogens is 240 g/mol. The molecule has 0 radical (unpaired) electrons. The molecule has 18 heavy (non-hydrogen) atoms. The van der Waals surface area contributed by atoms with Gasteiger partial charge in [-0.15, -0.1) is 0 Å². The van der Waals surface area contributed by atoms with Gasteiger partial charge in [0.15, 0.2) is 0 Å². The van der Waals surface area contributed by atoms with Crippen molar-refractivity contribution in [1.82, 2.24) is 0 Å². The normalized spacial score (nSPS) is 13.9. The van der Waals surface area contributed by atoms with Crippen molar-refractivity contribution < 1.29 is 19.6 Å². The van der Waals surface area contributed by atoms with Crippen LogP contribution in [0.4, 0.5) is 5.69 Å². The number of ether oxygens (including phenoxy) is 1. The van der Waals surface area contributed by atoms with Crippen LogP contribution in [0.3, 0.4) is 0 Å². The standard InChI is InChI=1S/C11H14N2O5/c1-2-18-11(12,10(14)15)7-8-4-3-5-9(6-8)13(16)17/h3-6H,2,7,12H2,1H3,(H,14,15). The zero-order valence-electron chi connectivity index (χ0n) is 9.83. The van der Waals surface area contributed by atoms with Gasteiger partial charge in [0.05, 0.1) is 4.92 Å². The second-order valence-electron chi connectivity index (χ2n) is 3.73. The number of aliphatic carboxylic acids is 1. The number of carboxylic acids is 1. The molecule has 0 aliphatic heterocycles. The van der Waals surface area contributed by atoms with Gasteiger partial charge in [0.1, 0.15) is 0 Å². The van der Waals surface area contributed by atoms with Crippen molar-refractivity contribution in [1.29, 1.82) is 0 Å². The van der Waals surface area contributed by atoms with Crippen LogP contribution >= 0.6 is 0 Å². The van der Waals surface area contributed by atoms with E-state index in [1.54, 1.807) is 13.0 Å². The van der Waals surface area contributed by atoms with Gasteiger partial charge in [-0.3, -0.25) is 15.8 Å². The smallest absolute Gasteiger partial charge is 0.351 e. The number of nitrogens with zero attached hydrogens (tertiary/aromatic N) is 1. The first-order chi connectivity index (χ1) is 8.39. The van der Waals surface area contributed by atoms with E-state index in [0.29, 0.717) is 5.56 Å². The first-order valence-corrected chi connectivity index (χ1v) is 5.28. The molecule has 0 aliphatic carbocycles. The molecule has 0 aliphatic rings. The quantitative estimate of drug-likeness (QED) is 0.443. The average molecular weight is 254 g/mol. The Labute approximate surface area is 103 Å². The van der Waals surface area contributed by atoms with E-state index >= 15 is 0 Å². The summed E-state index contributed by atoms with van der Waals surface area (Å²) >= 11 is 0. The number of nitro groups is 1. The molecule has 0 spiro atoms. The van der Waals surface area contributed by atoms with Gasteiger partial charge in [0.25, 0.3) is 5.69 Å². The Morgan fingerprint density at radius 1 is 1.61 bits per heavy atom. The second-order valence-corrected chi connectivity index (χ2v) is 3.73. The van der Waals surface area contributed by atoms with Gasteiger partial charge in [-0.05, 0) is 12.5 Å². The third-order valence-electron chi connectivity index (χ3n) is 2.35. The maximum Gasteiger partial charge on any atom is 0.351 e. The third kappa shape index (κ3) is 3.25. The summed E-state index contributed by atoms with van der Waals surface area (Å²) in [6.45, 7) is 1.76. The molecule has 1 atom stereocenters. The molecule has 7 heteroatoms. The highest BCUT2D eigenvalue weighted by Gasteiger charge is 2.35. The van der Waals surface area contributed by atoms with Crippen LogP contribution in [0.5, 0.6) is 0 Å². The molecule has 0 bridgehead atoms. The van der Waals surface area contributed by atoms with Gasteiger partial charge in [-0.2, -0.15) is 0 Å². The topological polar surface area (TPSA) is 116 Å². The maximum absolute atomic E-state index is 11.1. The van der Waals surface area contributed by atoms with Crippen LogP contribution in [0, 0.1) is 10.1 Å². The Hall–Kier alpha value is -1.99.